The maximum absolute atomic E-state index is 11.7. The summed E-state index contributed by atoms with van der Waals surface area (Å²) in [6.45, 7) is 1.74. The molecule has 4 nitrogen and oxygen atoms in total. The zero-order valence-corrected chi connectivity index (χ0v) is 11.0. The Kier molecular flexibility index (Phi) is 3.81. The molecule has 1 fully saturated rings. The number of nitrogens with one attached hydrogen (secondary N) is 1. The third-order valence-electron chi connectivity index (χ3n) is 2.74. The van der Waals surface area contributed by atoms with Crippen molar-refractivity contribution in [2.45, 2.75) is 31.9 Å². The van der Waals surface area contributed by atoms with Crippen molar-refractivity contribution in [3.05, 3.63) is 29.8 Å². The Morgan fingerprint density at radius 2 is 2.06 bits per heavy atom. The van der Waals surface area contributed by atoms with Gasteiger partial charge in [-0.25, -0.2) is 0 Å². The van der Waals surface area contributed by atoms with E-state index in [0.29, 0.717) is 16.8 Å². The molecule has 1 aromatic carbocycles. The van der Waals surface area contributed by atoms with Crippen molar-refractivity contribution in [2.24, 2.45) is 5.73 Å². The van der Waals surface area contributed by atoms with Crippen LogP contribution in [-0.4, -0.2) is 23.0 Å². The van der Waals surface area contributed by atoms with Crippen molar-refractivity contribution >= 4 is 23.1 Å². The maximum atomic E-state index is 11.7. The highest BCUT2D eigenvalue weighted by Crippen LogP contribution is 2.19. The van der Waals surface area contributed by atoms with Crippen LogP contribution in [0.4, 0.5) is 0 Å². The topological polar surface area (TPSA) is 64.3 Å². The summed E-state index contributed by atoms with van der Waals surface area (Å²) in [5.41, 5.74) is 6.29. The Labute approximate surface area is 112 Å². The van der Waals surface area contributed by atoms with Crippen molar-refractivity contribution in [1.82, 2.24) is 5.32 Å². The van der Waals surface area contributed by atoms with Crippen LogP contribution in [0.25, 0.3) is 0 Å². The van der Waals surface area contributed by atoms with E-state index in [1.54, 1.807) is 31.2 Å². The van der Waals surface area contributed by atoms with Crippen LogP contribution in [0, 0.1) is 0 Å². The monoisotopic (exact) mass is 264 g/mol. The zero-order valence-electron chi connectivity index (χ0n) is 10.2. The SMILES string of the molecule is CC(Oc1ccc(C(N)=S)cc1)C(=O)NC1CC1. The Hall–Kier alpha value is -1.62. The van der Waals surface area contributed by atoms with Gasteiger partial charge in [-0.3, -0.25) is 4.79 Å². The second-order valence-corrected chi connectivity index (χ2v) is 4.87. The van der Waals surface area contributed by atoms with Gasteiger partial charge in [0.15, 0.2) is 6.10 Å². The van der Waals surface area contributed by atoms with Crippen molar-refractivity contribution in [1.29, 1.82) is 0 Å². The minimum absolute atomic E-state index is 0.0732. The van der Waals surface area contributed by atoms with E-state index in [0.717, 1.165) is 18.4 Å². The van der Waals surface area contributed by atoms with Gasteiger partial charge in [0.1, 0.15) is 10.7 Å². The van der Waals surface area contributed by atoms with Crippen LogP contribution < -0.4 is 15.8 Å². The molecule has 1 amide bonds. The molecule has 3 N–H and O–H groups in total. The van der Waals surface area contributed by atoms with E-state index < -0.39 is 6.10 Å². The van der Waals surface area contributed by atoms with Gasteiger partial charge < -0.3 is 15.8 Å². The quantitative estimate of drug-likeness (QED) is 0.788. The molecule has 2 rings (SSSR count). The van der Waals surface area contributed by atoms with Gasteiger partial charge >= 0.3 is 0 Å². The number of ether oxygens (including phenoxy) is 1. The first-order valence-electron chi connectivity index (χ1n) is 5.93. The first kappa shape index (κ1) is 12.8. The fraction of sp³-hybridized carbons (Fsp3) is 0.385. The largest absolute Gasteiger partial charge is 0.481 e. The summed E-state index contributed by atoms with van der Waals surface area (Å²) in [6.07, 6.45) is 1.64. The predicted molar refractivity (Wildman–Crippen MR) is 73.6 cm³/mol. The summed E-state index contributed by atoms with van der Waals surface area (Å²) in [5, 5.41) is 2.90. The van der Waals surface area contributed by atoms with E-state index in [9.17, 15) is 4.79 Å². The lowest BCUT2D eigenvalue weighted by atomic mass is 10.2. The lowest BCUT2D eigenvalue weighted by Crippen LogP contribution is -2.37. The molecular weight excluding hydrogens is 248 g/mol. The number of carbonyl (C=O) groups is 1. The van der Waals surface area contributed by atoms with Crippen LogP contribution in [0.3, 0.4) is 0 Å². The van der Waals surface area contributed by atoms with E-state index >= 15 is 0 Å². The standard InChI is InChI=1S/C13H16N2O2S/c1-8(13(16)15-10-4-5-10)17-11-6-2-9(3-7-11)12(14)18/h2-3,6-8,10H,4-5H2,1H3,(H2,14,18)(H,15,16). The second kappa shape index (κ2) is 5.35. The first-order valence-corrected chi connectivity index (χ1v) is 6.34. The molecule has 0 radical (unpaired) electrons. The second-order valence-electron chi connectivity index (χ2n) is 4.43. The Balaban J connectivity index is 1.91. The van der Waals surface area contributed by atoms with Crippen LogP contribution in [0.15, 0.2) is 24.3 Å². The van der Waals surface area contributed by atoms with E-state index in [2.05, 4.69) is 5.32 Å². The van der Waals surface area contributed by atoms with Gasteiger partial charge in [-0.1, -0.05) is 12.2 Å². The Bertz CT molecular complexity index is 455. The molecule has 18 heavy (non-hydrogen) atoms. The predicted octanol–water partition coefficient (Wildman–Crippen LogP) is 1.37. The molecule has 0 saturated heterocycles. The number of rotatable bonds is 5. The number of carbonyl (C=O) groups excluding carboxylic acids is 1. The summed E-state index contributed by atoms with van der Waals surface area (Å²) in [7, 11) is 0. The molecule has 1 atom stereocenters. The average Bonchev–Trinajstić information content (AvgIpc) is 3.13. The molecule has 1 aliphatic carbocycles. The van der Waals surface area contributed by atoms with Crippen LogP contribution >= 0.6 is 12.2 Å². The minimum atomic E-state index is -0.499. The van der Waals surface area contributed by atoms with Gasteiger partial charge in [0.25, 0.3) is 5.91 Å². The smallest absolute Gasteiger partial charge is 0.260 e. The number of thiocarbonyl (C=S) groups is 1. The normalized spacial score (nSPS) is 15.8. The molecule has 96 valence electrons. The van der Waals surface area contributed by atoms with E-state index in [-0.39, 0.29) is 5.91 Å². The van der Waals surface area contributed by atoms with Gasteiger partial charge in [-0.15, -0.1) is 0 Å². The van der Waals surface area contributed by atoms with Gasteiger partial charge in [-0.05, 0) is 44.0 Å². The highest BCUT2D eigenvalue weighted by Gasteiger charge is 2.26. The van der Waals surface area contributed by atoms with E-state index in [4.69, 9.17) is 22.7 Å². The van der Waals surface area contributed by atoms with Crippen molar-refractivity contribution in [2.75, 3.05) is 0 Å². The third-order valence-corrected chi connectivity index (χ3v) is 2.98. The van der Waals surface area contributed by atoms with Crippen LogP contribution in [0.5, 0.6) is 5.75 Å². The van der Waals surface area contributed by atoms with Gasteiger partial charge in [-0.2, -0.15) is 0 Å². The third kappa shape index (κ3) is 3.43. The zero-order chi connectivity index (χ0) is 13.1. The fourth-order valence-electron chi connectivity index (χ4n) is 1.50. The Morgan fingerprint density at radius 3 is 2.56 bits per heavy atom. The van der Waals surface area contributed by atoms with E-state index in [1.165, 1.54) is 0 Å². The number of hydrogen-bond acceptors (Lipinski definition) is 3. The van der Waals surface area contributed by atoms with Crippen LogP contribution in [0.2, 0.25) is 0 Å². The molecular formula is C13H16N2O2S. The van der Waals surface area contributed by atoms with Crippen LogP contribution in [0.1, 0.15) is 25.3 Å². The number of benzene rings is 1. The first-order chi connectivity index (χ1) is 8.56. The van der Waals surface area contributed by atoms with Gasteiger partial charge in [0, 0.05) is 11.6 Å². The molecule has 0 aromatic heterocycles. The molecule has 0 aliphatic heterocycles. The summed E-state index contributed by atoms with van der Waals surface area (Å²) in [6, 6.07) is 7.43. The number of amides is 1. The number of nitrogens with two attached hydrogens (primary N) is 1. The summed E-state index contributed by atoms with van der Waals surface area (Å²) < 4.78 is 5.54. The summed E-state index contributed by atoms with van der Waals surface area (Å²) >= 11 is 4.86. The molecule has 0 spiro atoms. The fourth-order valence-corrected chi connectivity index (χ4v) is 1.64. The van der Waals surface area contributed by atoms with Crippen molar-refractivity contribution in [3.8, 4) is 5.75 Å². The maximum Gasteiger partial charge on any atom is 0.260 e. The highest BCUT2D eigenvalue weighted by atomic mass is 32.1. The number of hydrogen-bond donors (Lipinski definition) is 2. The summed E-state index contributed by atoms with van der Waals surface area (Å²) in [5.74, 6) is 0.560. The highest BCUT2D eigenvalue weighted by molar-refractivity contribution is 7.80. The van der Waals surface area contributed by atoms with E-state index in [1.807, 2.05) is 0 Å². The average molecular weight is 264 g/mol. The molecule has 5 heteroatoms. The molecule has 1 unspecified atom stereocenters. The van der Waals surface area contributed by atoms with Crippen molar-refractivity contribution < 1.29 is 9.53 Å². The summed E-state index contributed by atoms with van der Waals surface area (Å²) in [4.78, 5) is 12.0. The minimum Gasteiger partial charge on any atom is -0.481 e. The van der Waals surface area contributed by atoms with Crippen molar-refractivity contribution in [3.63, 3.8) is 0 Å². The van der Waals surface area contributed by atoms with Gasteiger partial charge in [0.05, 0.1) is 0 Å². The molecule has 1 aromatic rings. The molecule has 1 aliphatic rings. The lowest BCUT2D eigenvalue weighted by molar-refractivity contribution is -0.127. The molecule has 1 saturated carbocycles. The van der Waals surface area contributed by atoms with Crippen LogP contribution in [-0.2, 0) is 4.79 Å². The lowest BCUT2D eigenvalue weighted by Gasteiger charge is -2.14. The Morgan fingerprint density at radius 1 is 1.44 bits per heavy atom. The van der Waals surface area contributed by atoms with Gasteiger partial charge in [0.2, 0.25) is 0 Å². The molecule has 0 bridgehead atoms. The molecule has 0 heterocycles.